The minimum Gasteiger partial charge on any atom is -0.372 e. The van der Waals surface area contributed by atoms with Crippen LogP contribution in [0.5, 0.6) is 0 Å². The van der Waals surface area contributed by atoms with E-state index in [9.17, 15) is 0 Å². The van der Waals surface area contributed by atoms with Crippen LogP contribution in [-0.4, -0.2) is 100 Å². The zero-order valence-electron chi connectivity index (χ0n) is 12.3. The van der Waals surface area contributed by atoms with Crippen LogP contribution in [0, 0.1) is 0 Å². The van der Waals surface area contributed by atoms with Gasteiger partial charge < -0.3 is 23.7 Å². The summed E-state index contributed by atoms with van der Waals surface area (Å²) < 4.78 is 27.1. The fourth-order valence-electron chi connectivity index (χ4n) is 2.50. The van der Waals surface area contributed by atoms with Crippen LogP contribution in [0.25, 0.3) is 0 Å². The van der Waals surface area contributed by atoms with E-state index in [0.29, 0.717) is 37.9 Å². The molecule has 0 aromatic carbocycles. The molecule has 4 rings (SSSR count). The van der Waals surface area contributed by atoms with Gasteiger partial charge in [-0.2, -0.15) is 0 Å². The van der Waals surface area contributed by atoms with E-state index < -0.39 is 0 Å². The lowest BCUT2D eigenvalue weighted by Gasteiger charge is -2.24. The van der Waals surface area contributed by atoms with Crippen LogP contribution < -0.4 is 0 Å². The summed E-state index contributed by atoms with van der Waals surface area (Å²) in [5.74, 6) is 0. The topological polar surface area (TPSA) is 65.8 Å². The Balaban J connectivity index is 1.17. The monoisotopic (exact) mass is 300 g/mol. The average Bonchev–Trinajstić information content (AvgIpc) is 3.31. The van der Waals surface area contributed by atoms with Gasteiger partial charge in [0, 0.05) is 26.2 Å². The second-order valence-electron chi connectivity index (χ2n) is 6.36. The van der Waals surface area contributed by atoms with Crippen LogP contribution in [0.3, 0.4) is 0 Å². The fraction of sp³-hybridized carbons (Fsp3) is 1.00. The molecule has 4 heterocycles. The third kappa shape index (κ3) is 5.45. The Bertz CT molecular complexity index is 282. The molecule has 0 aromatic heterocycles. The zero-order chi connectivity index (χ0) is 14.1. The van der Waals surface area contributed by atoms with Crippen molar-refractivity contribution in [2.75, 3.05) is 66.1 Å². The molecule has 7 heteroatoms. The number of epoxide rings is 4. The average molecular weight is 300 g/mol. The fourth-order valence-corrected chi connectivity index (χ4v) is 2.50. The second kappa shape index (κ2) is 6.45. The molecule has 0 spiro atoms. The normalized spacial score (nSPS) is 36.3. The molecule has 7 nitrogen and oxygen atoms in total. The number of rotatable bonds is 12. The van der Waals surface area contributed by atoms with E-state index in [0.717, 1.165) is 52.6 Å². The Morgan fingerprint density at radius 2 is 0.905 bits per heavy atom. The summed E-state index contributed by atoms with van der Waals surface area (Å²) >= 11 is 0. The van der Waals surface area contributed by atoms with Gasteiger partial charge in [0.2, 0.25) is 0 Å². The minimum absolute atomic E-state index is 0.392. The summed E-state index contributed by atoms with van der Waals surface area (Å²) in [4.78, 5) is 4.57. The molecule has 0 amide bonds. The van der Waals surface area contributed by atoms with Gasteiger partial charge >= 0.3 is 0 Å². The molecule has 0 saturated carbocycles. The molecule has 21 heavy (non-hydrogen) atoms. The van der Waals surface area contributed by atoms with E-state index in [1.54, 1.807) is 0 Å². The van der Waals surface area contributed by atoms with E-state index >= 15 is 0 Å². The predicted octanol–water partition coefficient (Wildman–Crippen LogP) is -0.883. The Morgan fingerprint density at radius 3 is 1.14 bits per heavy atom. The molecule has 0 aliphatic carbocycles. The summed E-state index contributed by atoms with van der Waals surface area (Å²) in [5, 5.41) is 0. The van der Waals surface area contributed by atoms with Gasteiger partial charge in [0.05, 0.1) is 50.8 Å². The molecule has 4 unspecified atom stereocenters. The Labute approximate surface area is 125 Å². The predicted molar refractivity (Wildman–Crippen MR) is 72.9 cm³/mol. The van der Waals surface area contributed by atoms with Gasteiger partial charge in [0.1, 0.15) is 13.5 Å². The van der Waals surface area contributed by atoms with Gasteiger partial charge in [-0.1, -0.05) is 0 Å². The van der Waals surface area contributed by atoms with Crippen LogP contribution in [-0.2, 0) is 23.7 Å². The van der Waals surface area contributed by atoms with Crippen LogP contribution in [0.1, 0.15) is 0 Å². The van der Waals surface area contributed by atoms with Crippen molar-refractivity contribution >= 4 is 0 Å². The summed E-state index contributed by atoms with van der Waals surface area (Å²) in [5.41, 5.74) is 0. The summed E-state index contributed by atoms with van der Waals surface area (Å²) in [6, 6.07) is 0. The smallest absolute Gasteiger partial charge is 0.101 e. The number of hydrogen-bond donors (Lipinski definition) is 0. The molecule has 4 saturated heterocycles. The zero-order valence-corrected chi connectivity index (χ0v) is 12.3. The van der Waals surface area contributed by atoms with Crippen LogP contribution in [0.2, 0.25) is 0 Å². The number of hydrogen-bond acceptors (Lipinski definition) is 7. The van der Waals surface area contributed by atoms with Crippen molar-refractivity contribution in [3.8, 4) is 0 Å². The lowest BCUT2D eigenvalue weighted by atomic mass is 10.3. The number of nitrogens with zero attached hydrogens (tertiary/aromatic N) is 2. The van der Waals surface area contributed by atoms with Gasteiger partial charge in [0.15, 0.2) is 0 Å². The Hall–Kier alpha value is -0.280. The molecular weight excluding hydrogens is 276 g/mol. The lowest BCUT2D eigenvalue weighted by molar-refractivity contribution is -0.0369. The van der Waals surface area contributed by atoms with Gasteiger partial charge in [0.25, 0.3) is 0 Å². The van der Waals surface area contributed by atoms with Crippen molar-refractivity contribution in [1.82, 2.24) is 9.80 Å². The van der Waals surface area contributed by atoms with Crippen molar-refractivity contribution in [2.24, 2.45) is 0 Å². The molecule has 120 valence electrons. The Kier molecular flexibility index (Phi) is 4.40. The summed E-state index contributed by atoms with van der Waals surface area (Å²) in [6.07, 6.45) is 1.57. The molecule has 4 fully saturated rings. The first-order valence-electron chi connectivity index (χ1n) is 7.84. The molecule has 0 aromatic rings. The molecule has 0 radical (unpaired) electrons. The van der Waals surface area contributed by atoms with E-state index in [2.05, 4.69) is 9.80 Å². The molecule has 0 N–H and O–H groups in total. The van der Waals surface area contributed by atoms with Gasteiger partial charge in [-0.3, -0.25) is 9.80 Å². The molecular formula is C14H24N2O5. The standard InChI is InChI=1S/C14H24N2O5/c1(11-5-18-11)15(2-12-6-19-12)9-17-10-16(3-13-7-20-13)4-14-8-21-14/h11-14H,1-10H2. The number of ether oxygens (including phenoxy) is 5. The first-order valence-corrected chi connectivity index (χ1v) is 7.84. The highest BCUT2D eigenvalue weighted by Crippen LogP contribution is 2.17. The van der Waals surface area contributed by atoms with Crippen molar-refractivity contribution < 1.29 is 23.7 Å². The first-order chi connectivity index (χ1) is 10.3. The van der Waals surface area contributed by atoms with Gasteiger partial charge in [-0.05, 0) is 0 Å². The highest BCUT2D eigenvalue weighted by Gasteiger charge is 2.32. The summed E-state index contributed by atoms with van der Waals surface area (Å²) in [6.45, 7) is 8.56. The second-order valence-corrected chi connectivity index (χ2v) is 6.36. The van der Waals surface area contributed by atoms with Crippen molar-refractivity contribution in [3.63, 3.8) is 0 Å². The van der Waals surface area contributed by atoms with E-state index in [4.69, 9.17) is 23.7 Å². The lowest BCUT2D eigenvalue weighted by Crippen LogP contribution is -2.38. The maximum atomic E-state index is 5.90. The maximum Gasteiger partial charge on any atom is 0.101 e. The minimum atomic E-state index is 0.392. The first kappa shape index (κ1) is 14.3. The van der Waals surface area contributed by atoms with Crippen LogP contribution >= 0.6 is 0 Å². The van der Waals surface area contributed by atoms with Gasteiger partial charge in [-0.15, -0.1) is 0 Å². The molecule has 0 bridgehead atoms. The Morgan fingerprint density at radius 1 is 0.619 bits per heavy atom. The molecule has 4 aliphatic heterocycles. The largest absolute Gasteiger partial charge is 0.372 e. The van der Waals surface area contributed by atoms with E-state index in [1.165, 1.54) is 0 Å². The maximum absolute atomic E-state index is 5.90. The van der Waals surface area contributed by atoms with Gasteiger partial charge in [-0.25, -0.2) is 0 Å². The quantitative estimate of drug-likeness (QED) is 0.342. The van der Waals surface area contributed by atoms with Crippen molar-refractivity contribution in [1.29, 1.82) is 0 Å². The third-order valence-corrected chi connectivity index (χ3v) is 4.00. The molecule has 4 aliphatic rings. The third-order valence-electron chi connectivity index (χ3n) is 4.00. The van der Waals surface area contributed by atoms with Crippen molar-refractivity contribution in [3.05, 3.63) is 0 Å². The molecule has 4 atom stereocenters. The van der Waals surface area contributed by atoms with Crippen molar-refractivity contribution in [2.45, 2.75) is 24.4 Å². The highest BCUT2D eigenvalue weighted by molar-refractivity contribution is 4.80. The van der Waals surface area contributed by atoms with Crippen LogP contribution in [0.15, 0.2) is 0 Å². The van der Waals surface area contributed by atoms with E-state index in [-0.39, 0.29) is 0 Å². The SMILES string of the molecule is C1OC1CN(COCN(CC1CO1)CC1CO1)CC1CO1. The highest BCUT2D eigenvalue weighted by atomic mass is 16.6. The van der Waals surface area contributed by atoms with E-state index in [1.807, 2.05) is 0 Å². The van der Waals surface area contributed by atoms with Crippen LogP contribution in [0.4, 0.5) is 0 Å². The summed E-state index contributed by atoms with van der Waals surface area (Å²) in [7, 11) is 0.